The zero-order chi connectivity index (χ0) is 11.2. The fourth-order valence-corrected chi connectivity index (χ4v) is 1.95. The highest BCUT2D eigenvalue weighted by molar-refractivity contribution is 6.42. The van der Waals surface area contributed by atoms with E-state index in [-0.39, 0.29) is 5.78 Å². The molecule has 0 saturated heterocycles. The van der Waals surface area contributed by atoms with Gasteiger partial charge in [0.1, 0.15) is 0 Å². The average Bonchev–Trinajstić information content (AvgIpc) is 2.16. The standard InChI is InChI=1S/C12H10Cl2O/c1-12(2)4-3-7-5-9(13)10(14)6-8(7)11(12)15/h3-6H,1-2H3. The second-order valence-corrected chi connectivity index (χ2v) is 5.05. The molecule has 1 aliphatic carbocycles. The summed E-state index contributed by atoms with van der Waals surface area (Å²) >= 11 is 11.8. The van der Waals surface area contributed by atoms with Crippen molar-refractivity contribution in [1.82, 2.24) is 0 Å². The number of ketones is 1. The topological polar surface area (TPSA) is 17.1 Å². The predicted octanol–water partition coefficient (Wildman–Crippen LogP) is 4.23. The Morgan fingerprint density at radius 2 is 1.73 bits per heavy atom. The number of carbonyl (C=O) groups is 1. The molecular weight excluding hydrogens is 231 g/mol. The van der Waals surface area contributed by atoms with Crippen LogP contribution in [0.15, 0.2) is 18.2 Å². The lowest BCUT2D eigenvalue weighted by Crippen LogP contribution is -2.25. The minimum atomic E-state index is -0.454. The molecule has 15 heavy (non-hydrogen) atoms. The van der Waals surface area contributed by atoms with Crippen LogP contribution in [-0.4, -0.2) is 5.78 Å². The molecule has 0 aromatic heterocycles. The highest BCUT2D eigenvalue weighted by atomic mass is 35.5. The Bertz CT molecular complexity index is 473. The van der Waals surface area contributed by atoms with E-state index in [1.165, 1.54) is 0 Å². The Morgan fingerprint density at radius 1 is 1.13 bits per heavy atom. The van der Waals surface area contributed by atoms with Crippen molar-refractivity contribution in [1.29, 1.82) is 0 Å². The lowest BCUT2D eigenvalue weighted by Gasteiger charge is -2.24. The van der Waals surface area contributed by atoms with Gasteiger partial charge >= 0.3 is 0 Å². The number of rotatable bonds is 0. The number of Topliss-reactive ketones (excluding diaryl/α,β-unsaturated/α-hetero) is 1. The van der Waals surface area contributed by atoms with Crippen LogP contribution in [0.25, 0.3) is 6.08 Å². The third kappa shape index (κ3) is 1.70. The molecule has 3 heteroatoms. The van der Waals surface area contributed by atoms with E-state index in [1.807, 2.05) is 26.0 Å². The molecule has 0 unspecified atom stereocenters. The minimum absolute atomic E-state index is 0.0820. The van der Waals surface area contributed by atoms with Crippen LogP contribution in [-0.2, 0) is 0 Å². The van der Waals surface area contributed by atoms with Crippen LogP contribution in [0.2, 0.25) is 10.0 Å². The largest absolute Gasteiger partial charge is 0.293 e. The first kappa shape index (κ1) is 10.7. The molecule has 1 aromatic carbocycles. The highest BCUT2D eigenvalue weighted by Crippen LogP contribution is 2.35. The van der Waals surface area contributed by atoms with Crippen LogP contribution < -0.4 is 0 Å². The molecule has 2 rings (SSSR count). The summed E-state index contributed by atoms with van der Waals surface area (Å²) in [6.07, 6.45) is 3.81. The molecule has 0 saturated carbocycles. The fourth-order valence-electron chi connectivity index (χ4n) is 1.62. The summed E-state index contributed by atoms with van der Waals surface area (Å²) < 4.78 is 0. The maximum absolute atomic E-state index is 12.0. The van der Waals surface area contributed by atoms with Crippen molar-refractivity contribution in [3.63, 3.8) is 0 Å². The molecular formula is C12H10Cl2O. The number of carbonyl (C=O) groups excluding carboxylic acids is 1. The van der Waals surface area contributed by atoms with E-state index >= 15 is 0 Å². The lowest BCUT2D eigenvalue weighted by molar-refractivity contribution is 0.0883. The Morgan fingerprint density at radius 3 is 2.40 bits per heavy atom. The van der Waals surface area contributed by atoms with Crippen LogP contribution in [0.3, 0.4) is 0 Å². The van der Waals surface area contributed by atoms with Gasteiger partial charge in [-0.15, -0.1) is 0 Å². The van der Waals surface area contributed by atoms with Crippen LogP contribution in [0.1, 0.15) is 29.8 Å². The normalized spacial score (nSPS) is 17.7. The van der Waals surface area contributed by atoms with Crippen molar-refractivity contribution in [3.05, 3.63) is 39.4 Å². The van der Waals surface area contributed by atoms with Gasteiger partial charge in [-0.2, -0.15) is 0 Å². The summed E-state index contributed by atoms with van der Waals surface area (Å²) in [5, 5.41) is 0.905. The summed E-state index contributed by atoms with van der Waals surface area (Å²) in [7, 11) is 0. The second kappa shape index (κ2) is 3.36. The fraction of sp³-hybridized carbons (Fsp3) is 0.250. The Kier molecular flexibility index (Phi) is 2.40. The van der Waals surface area contributed by atoms with E-state index < -0.39 is 5.41 Å². The van der Waals surface area contributed by atoms with Crippen molar-refractivity contribution in [2.45, 2.75) is 13.8 Å². The van der Waals surface area contributed by atoms with Gasteiger partial charge in [0.2, 0.25) is 0 Å². The number of benzene rings is 1. The number of fused-ring (bicyclic) bond motifs is 1. The average molecular weight is 241 g/mol. The molecule has 1 nitrogen and oxygen atoms in total. The molecule has 78 valence electrons. The predicted molar refractivity (Wildman–Crippen MR) is 63.6 cm³/mol. The number of hydrogen-bond acceptors (Lipinski definition) is 1. The van der Waals surface area contributed by atoms with E-state index in [0.717, 1.165) is 5.56 Å². The molecule has 1 aliphatic rings. The SMILES string of the molecule is CC1(C)C=Cc2cc(Cl)c(Cl)cc2C1=O. The zero-order valence-corrected chi connectivity index (χ0v) is 9.99. The first-order valence-electron chi connectivity index (χ1n) is 4.65. The van der Waals surface area contributed by atoms with Crippen molar-refractivity contribution in [3.8, 4) is 0 Å². The maximum atomic E-state index is 12.0. The molecule has 0 aliphatic heterocycles. The van der Waals surface area contributed by atoms with E-state index in [0.29, 0.717) is 15.6 Å². The first-order valence-corrected chi connectivity index (χ1v) is 5.40. The highest BCUT2D eigenvalue weighted by Gasteiger charge is 2.30. The van der Waals surface area contributed by atoms with Crippen LogP contribution in [0, 0.1) is 5.41 Å². The smallest absolute Gasteiger partial charge is 0.172 e. The lowest BCUT2D eigenvalue weighted by atomic mass is 9.78. The minimum Gasteiger partial charge on any atom is -0.293 e. The Hall–Kier alpha value is -0.790. The van der Waals surface area contributed by atoms with Gasteiger partial charge < -0.3 is 0 Å². The summed E-state index contributed by atoms with van der Waals surface area (Å²) in [6.45, 7) is 3.77. The summed E-state index contributed by atoms with van der Waals surface area (Å²) in [5.41, 5.74) is 1.04. The monoisotopic (exact) mass is 240 g/mol. The van der Waals surface area contributed by atoms with Gasteiger partial charge in [0.15, 0.2) is 5.78 Å². The molecule has 0 bridgehead atoms. The zero-order valence-electron chi connectivity index (χ0n) is 8.47. The molecule has 0 fully saturated rings. The van der Waals surface area contributed by atoms with Crippen LogP contribution in [0.5, 0.6) is 0 Å². The molecule has 0 N–H and O–H groups in total. The van der Waals surface area contributed by atoms with E-state index in [1.54, 1.807) is 12.1 Å². The second-order valence-electron chi connectivity index (χ2n) is 4.24. The third-order valence-corrected chi connectivity index (χ3v) is 3.32. The number of halogens is 2. The quantitative estimate of drug-likeness (QED) is 0.664. The van der Waals surface area contributed by atoms with Gasteiger partial charge in [0.25, 0.3) is 0 Å². The van der Waals surface area contributed by atoms with Crippen molar-refractivity contribution < 1.29 is 4.79 Å². The Labute approximate surface area is 98.7 Å². The molecule has 0 spiro atoms. The van der Waals surface area contributed by atoms with E-state index in [4.69, 9.17) is 23.2 Å². The van der Waals surface area contributed by atoms with Gasteiger partial charge in [-0.3, -0.25) is 4.79 Å². The summed E-state index contributed by atoms with van der Waals surface area (Å²) in [5.74, 6) is 0.0820. The van der Waals surface area contributed by atoms with Crippen LogP contribution >= 0.6 is 23.2 Å². The van der Waals surface area contributed by atoms with Crippen LogP contribution in [0.4, 0.5) is 0 Å². The van der Waals surface area contributed by atoms with E-state index in [9.17, 15) is 4.79 Å². The third-order valence-electron chi connectivity index (χ3n) is 2.60. The molecule has 0 atom stereocenters. The summed E-state index contributed by atoms with van der Waals surface area (Å²) in [6, 6.07) is 3.37. The van der Waals surface area contributed by atoms with Gasteiger partial charge in [-0.1, -0.05) is 35.4 Å². The summed E-state index contributed by atoms with van der Waals surface area (Å²) in [4.78, 5) is 12.0. The molecule has 0 radical (unpaired) electrons. The van der Waals surface area contributed by atoms with E-state index in [2.05, 4.69) is 0 Å². The van der Waals surface area contributed by atoms with Gasteiger partial charge in [0, 0.05) is 11.0 Å². The molecule has 0 amide bonds. The maximum Gasteiger partial charge on any atom is 0.172 e. The van der Waals surface area contributed by atoms with Crippen molar-refractivity contribution in [2.75, 3.05) is 0 Å². The molecule has 1 aromatic rings. The van der Waals surface area contributed by atoms with Gasteiger partial charge in [-0.05, 0) is 31.5 Å². The first-order chi connectivity index (χ1) is 6.92. The Balaban J connectivity index is 2.66. The van der Waals surface area contributed by atoms with Crippen molar-refractivity contribution >= 4 is 35.1 Å². The molecule has 0 heterocycles. The van der Waals surface area contributed by atoms with Gasteiger partial charge in [-0.25, -0.2) is 0 Å². The number of hydrogen-bond donors (Lipinski definition) is 0. The van der Waals surface area contributed by atoms with Crippen molar-refractivity contribution in [2.24, 2.45) is 5.41 Å². The number of allylic oxidation sites excluding steroid dienone is 1. The van der Waals surface area contributed by atoms with Gasteiger partial charge in [0.05, 0.1) is 10.0 Å².